The molecule has 0 aliphatic carbocycles. The largest absolute Gasteiger partial charge is 0.448 e. The molecule has 0 radical (unpaired) electrons. The van der Waals surface area contributed by atoms with Crippen LogP contribution in [0.15, 0.2) is 42.9 Å². The standard InChI is InChI=1S/C14H12FN3O3/c1-9(21-14(20)12-8-16-6-7-17-12)13(19)18-11-5-3-2-4-10(11)15/h2-9H,1H3,(H,18,19)/t9-/m0/s1. The van der Waals surface area contributed by atoms with Crippen molar-refractivity contribution >= 4 is 17.6 Å². The Bertz CT molecular complexity index is 649. The number of aromatic nitrogens is 2. The summed E-state index contributed by atoms with van der Waals surface area (Å²) in [5.74, 6) is -1.99. The van der Waals surface area contributed by atoms with Crippen molar-refractivity contribution in [2.45, 2.75) is 13.0 Å². The third-order valence-electron chi connectivity index (χ3n) is 2.56. The molecule has 108 valence electrons. The van der Waals surface area contributed by atoms with Gasteiger partial charge in [-0.2, -0.15) is 0 Å². The predicted molar refractivity (Wildman–Crippen MR) is 71.9 cm³/mol. The van der Waals surface area contributed by atoms with Crippen LogP contribution in [0.4, 0.5) is 10.1 Å². The van der Waals surface area contributed by atoms with E-state index in [0.717, 1.165) is 0 Å². The van der Waals surface area contributed by atoms with E-state index in [1.807, 2.05) is 0 Å². The lowest BCUT2D eigenvalue weighted by molar-refractivity contribution is -0.123. The van der Waals surface area contributed by atoms with E-state index in [9.17, 15) is 14.0 Å². The monoisotopic (exact) mass is 289 g/mol. The molecule has 0 saturated carbocycles. The van der Waals surface area contributed by atoms with Crippen LogP contribution < -0.4 is 5.32 Å². The second-order valence-corrected chi connectivity index (χ2v) is 4.11. The number of hydrogen-bond donors (Lipinski definition) is 1. The highest BCUT2D eigenvalue weighted by molar-refractivity contribution is 5.96. The Morgan fingerprint density at radius 1 is 1.29 bits per heavy atom. The molecule has 2 rings (SSSR count). The lowest BCUT2D eigenvalue weighted by Gasteiger charge is -2.13. The highest BCUT2D eigenvalue weighted by Gasteiger charge is 2.20. The van der Waals surface area contributed by atoms with E-state index in [4.69, 9.17) is 4.74 Å². The van der Waals surface area contributed by atoms with Gasteiger partial charge in [-0.1, -0.05) is 12.1 Å². The molecular weight excluding hydrogens is 277 g/mol. The summed E-state index contributed by atoms with van der Waals surface area (Å²) in [7, 11) is 0. The van der Waals surface area contributed by atoms with Crippen LogP contribution in [-0.4, -0.2) is 27.9 Å². The second kappa shape index (κ2) is 6.56. The maximum Gasteiger partial charge on any atom is 0.359 e. The van der Waals surface area contributed by atoms with Crippen LogP contribution in [-0.2, 0) is 9.53 Å². The maximum atomic E-state index is 13.4. The van der Waals surface area contributed by atoms with Gasteiger partial charge in [0, 0.05) is 12.4 Å². The van der Waals surface area contributed by atoms with Gasteiger partial charge in [0.25, 0.3) is 5.91 Å². The molecule has 0 unspecified atom stereocenters. The van der Waals surface area contributed by atoms with Crippen molar-refractivity contribution in [1.82, 2.24) is 9.97 Å². The summed E-state index contributed by atoms with van der Waals surface area (Å²) in [5.41, 5.74) is 0.00736. The summed E-state index contributed by atoms with van der Waals surface area (Å²) >= 11 is 0. The highest BCUT2D eigenvalue weighted by Crippen LogP contribution is 2.13. The van der Waals surface area contributed by atoms with Gasteiger partial charge in [0.2, 0.25) is 0 Å². The van der Waals surface area contributed by atoms with Crippen molar-refractivity contribution in [1.29, 1.82) is 0 Å². The van der Waals surface area contributed by atoms with E-state index in [0.29, 0.717) is 0 Å². The summed E-state index contributed by atoms with van der Waals surface area (Å²) in [6, 6.07) is 5.70. The fraction of sp³-hybridized carbons (Fsp3) is 0.143. The van der Waals surface area contributed by atoms with Crippen LogP contribution >= 0.6 is 0 Å². The molecule has 1 heterocycles. The lowest BCUT2D eigenvalue weighted by Crippen LogP contribution is -2.30. The molecule has 0 spiro atoms. The zero-order valence-corrected chi connectivity index (χ0v) is 11.1. The number of ether oxygens (including phenoxy) is 1. The first-order valence-corrected chi connectivity index (χ1v) is 6.10. The number of esters is 1. The molecular formula is C14H12FN3O3. The summed E-state index contributed by atoms with van der Waals surface area (Å²) < 4.78 is 18.3. The van der Waals surface area contributed by atoms with E-state index in [2.05, 4.69) is 15.3 Å². The third-order valence-corrected chi connectivity index (χ3v) is 2.56. The van der Waals surface area contributed by atoms with E-state index >= 15 is 0 Å². The van der Waals surface area contributed by atoms with Crippen LogP contribution in [0.2, 0.25) is 0 Å². The van der Waals surface area contributed by atoms with Crippen molar-refractivity contribution < 1.29 is 18.7 Å². The van der Waals surface area contributed by atoms with Gasteiger partial charge in [0.15, 0.2) is 11.8 Å². The van der Waals surface area contributed by atoms with Gasteiger partial charge in [0.05, 0.1) is 11.9 Å². The number of hydrogen-bond acceptors (Lipinski definition) is 5. The smallest absolute Gasteiger partial charge is 0.359 e. The van der Waals surface area contributed by atoms with Crippen LogP contribution in [0.1, 0.15) is 17.4 Å². The van der Waals surface area contributed by atoms with E-state index in [1.165, 1.54) is 43.7 Å². The molecule has 2 aromatic rings. The molecule has 21 heavy (non-hydrogen) atoms. The maximum absolute atomic E-state index is 13.4. The first-order valence-electron chi connectivity index (χ1n) is 6.10. The SMILES string of the molecule is C[C@H](OC(=O)c1cnccn1)C(=O)Nc1ccccc1F. The summed E-state index contributed by atoms with van der Waals surface area (Å²) in [4.78, 5) is 31.0. The molecule has 0 aliphatic rings. The number of para-hydroxylation sites is 1. The Kier molecular flexibility index (Phi) is 4.55. The number of benzene rings is 1. The molecule has 1 N–H and O–H groups in total. The lowest BCUT2D eigenvalue weighted by atomic mass is 10.3. The van der Waals surface area contributed by atoms with Crippen LogP contribution in [0, 0.1) is 5.82 Å². The molecule has 0 bridgehead atoms. The number of nitrogens with one attached hydrogen (secondary N) is 1. The van der Waals surface area contributed by atoms with Gasteiger partial charge >= 0.3 is 5.97 Å². The number of anilines is 1. The fourth-order valence-corrected chi connectivity index (χ4v) is 1.48. The van der Waals surface area contributed by atoms with Crippen LogP contribution in [0.5, 0.6) is 0 Å². The summed E-state index contributed by atoms with van der Waals surface area (Å²) in [5, 5.41) is 2.34. The number of halogens is 1. The van der Waals surface area contributed by atoms with E-state index < -0.39 is 23.8 Å². The molecule has 1 atom stereocenters. The van der Waals surface area contributed by atoms with Crippen molar-refractivity contribution in [3.8, 4) is 0 Å². The quantitative estimate of drug-likeness (QED) is 0.868. The van der Waals surface area contributed by atoms with Crippen molar-refractivity contribution in [3.63, 3.8) is 0 Å². The molecule has 1 aromatic carbocycles. The Balaban J connectivity index is 1.97. The minimum atomic E-state index is -1.10. The number of amides is 1. The zero-order valence-electron chi connectivity index (χ0n) is 11.1. The Labute approximate surface area is 120 Å². The first-order chi connectivity index (χ1) is 10.1. The average molecular weight is 289 g/mol. The Morgan fingerprint density at radius 2 is 2.05 bits per heavy atom. The third kappa shape index (κ3) is 3.82. The molecule has 7 heteroatoms. The molecule has 1 amide bonds. The van der Waals surface area contributed by atoms with Crippen LogP contribution in [0.25, 0.3) is 0 Å². The molecule has 0 fully saturated rings. The van der Waals surface area contributed by atoms with Gasteiger partial charge < -0.3 is 10.1 Å². The van der Waals surface area contributed by atoms with Gasteiger partial charge in [-0.05, 0) is 19.1 Å². The molecule has 0 aliphatic heterocycles. The first kappa shape index (κ1) is 14.6. The van der Waals surface area contributed by atoms with Gasteiger partial charge in [-0.3, -0.25) is 9.78 Å². The topological polar surface area (TPSA) is 81.2 Å². The number of nitrogens with zero attached hydrogens (tertiary/aromatic N) is 2. The van der Waals surface area contributed by atoms with Gasteiger partial charge in [-0.25, -0.2) is 14.2 Å². The highest BCUT2D eigenvalue weighted by atomic mass is 19.1. The molecule has 0 saturated heterocycles. The molecule has 6 nitrogen and oxygen atoms in total. The Morgan fingerprint density at radius 3 is 2.71 bits per heavy atom. The van der Waals surface area contributed by atoms with Gasteiger partial charge in [-0.15, -0.1) is 0 Å². The van der Waals surface area contributed by atoms with Crippen LogP contribution in [0.3, 0.4) is 0 Å². The van der Waals surface area contributed by atoms with Crippen molar-refractivity contribution in [2.24, 2.45) is 0 Å². The summed E-state index contributed by atoms with van der Waals surface area (Å²) in [6.45, 7) is 1.38. The van der Waals surface area contributed by atoms with E-state index in [1.54, 1.807) is 6.07 Å². The number of carbonyl (C=O) groups excluding carboxylic acids is 2. The fourth-order valence-electron chi connectivity index (χ4n) is 1.48. The zero-order chi connectivity index (χ0) is 15.2. The van der Waals surface area contributed by atoms with E-state index in [-0.39, 0.29) is 11.4 Å². The van der Waals surface area contributed by atoms with Crippen molar-refractivity contribution in [2.75, 3.05) is 5.32 Å². The Hall–Kier alpha value is -2.83. The second-order valence-electron chi connectivity index (χ2n) is 4.11. The molecule has 1 aromatic heterocycles. The van der Waals surface area contributed by atoms with Gasteiger partial charge in [0.1, 0.15) is 5.82 Å². The number of carbonyl (C=O) groups is 2. The number of rotatable bonds is 4. The minimum absolute atomic E-state index is 0.0111. The minimum Gasteiger partial charge on any atom is -0.448 e. The summed E-state index contributed by atoms with van der Waals surface area (Å²) in [6.07, 6.45) is 2.87. The predicted octanol–water partition coefficient (Wildman–Crippen LogP) is 1.80. The normalized spacial score (nSPS) is 11.5. The average Bonchev–Trinajstić information content (AvgIpc) is 2.50. The van der Waals surface area contributed by atoms with Crippen molar-refractivity contribution in [3.05, 3.63) is 54.4 Å².